The van der Waals surface area contributed by atoms with Crippen molar-refractivity contribution in [3.05, 3.63) is 53.5 Å². The summed E-state index contributed by atoms with van der Waals surface area (Å²) in [7, 11) is 0. The van der Waals surface area contributed by atoms with Crippen LogP contribution in [-0.2, 0) is 13.0 Å². The molecule has 1 amide bonds. The van der Waals surface area contributed by atoms with Crippen LogP contribution in [0, 0.1) is 12.3 Å². The second kappa shape index (κ2) is 7.51. The number of benzene rings is 1. The van der Waals surface area contributed by atoms with Gasteiger partial charge in [-0.1, -0.05) is 18.2 Å². The van der Waals surface area contributed by atoms with Crippen molar-refractivity contribution in [3.63, 3.8) is 0 Å². The van der Waals surface area contributed by atoms with Crippen molar-refractivity contribution in [1.29, 1.82) is 0 Å². The summed E-state index contributed by atoms with van der Waals surface area (Å²) >= 11 is 0. The maximum atomic E-state index is 12.6. The number of nitrogens with one attached hydrogen (secondary N) is 1. The van der Waals surface area contributed by atoms with Gasteiger partial charge in [-0.3, -0.25) is 4.79 Å². The highest BCUT2D eigenvalue weighted by Gasteiger charge is 2.38. The van der Waals surface area contributed by atoms with Crippen molar-refractivity contribution < 1.29 is 9.21 Å². The normalized spacial score (nSPS) is 18.6. The van der Waals surface area contributed by atoms with Crippen LogP contribution in [0.5, 0.6) is 0 Å². The number of para-hydroxylation sites is 1. The molecule has 0 saturated carbocycles. The van der Waals surface area contributed by atoms with Crippen LogP contribution >= 0.6 is 0 Å². The molecule has 6 heteroatoms. The topological polar surface area (TPSA) is 70.2 Å². The Hall–Kier alpha value is -3.07. The Labute approximate surface area is 165 Å². The fraction of sp³-hybridized carbons (Fsp3) is 0.409. The minimum atomic E-state index is -0.389. The first-order chi connectivity index (χ1) is 13.6. The molecule has 4 rings (SSSR count). The van der Waals surface area contributed by atoms with Crippen LogP contribution < -0.4 is 10.2 Å². The quantitative estimate of drug-likeness (QED) is 0.710. The van der Waals surface area contributed by atoms with Crippen LogP contribution in [0.2, 0.25) is 0 Å². The Morgan fingerprint density at radius 2 is 2.18 bits per heavy atom. The Bertz CT molecular complexity index is 934. The zero-order valence-corrected chi connectivity index (χ0v) is 16.0. The molecule has 0 fully saturated rings. The highest BCUT2D eigenvalue weighted by Crippen LogP contribution is 2.36. The summed E-state index contributed by atoms with van der Waals surface area (Å²) < 4.78 is 5.51. The Balaban J connectivity index is 1.37. The van der Waals surface area contributed by atoms with Gasteiger partial charge in [-0.15, -0.1) is 12.3 Å². The van der Waals surface area contributed by atoms with E-state index >= 15 is 0 Å². The number of fused-ring (bicyclic) bond motifs is 1. The Morgan fingerprint density at radius 1 is 1.36 bits per heavy atom. The van der Waals surface area contributed by atoms with Crippen molar-refractivity contribution in [2.75, 3.05) is 11.4 Å². The van der Waals surface area contributed by atoms with E-state index in [-0.39, 0.29) is 11.6 Å². The molecular weight excluding hydrogens is 352 g/mol. The third-order valence-corrected chi connectivity index (χ3v) is 5.51. The molecule has 1 aromatic carbocycles. The third-order valence-electron chi connectivity index (χ3n) is 5.51. The van der Waals surface area contributed by atoms with Crippen molar-refractivity contribution in [2.24, 2.45) is 10.2 Å². The van der Waals surface area contributed by atoms with E-state index in [2.05, 4.69) is 57.6 Å². The molecule has 0 bridgehead atoms. The monoisotopic (exact) mass is 376 g/mol. The maximum Gasteiger partial charge on any atom is 0.287 e. The molecule has 0 aliphatic carbocycles. The smallest absolute Gasteiger partial charge is 0.287 e. The van der Waals surface area contributed by atoms with Crippen molar-refractivity contribution >= 4 is 11.6 Å². The van der Waals surface area contributed by atoms with Gasteiger partial charge in [-0.05, 0) is 31.0 Å². The molecule has 1 unspecified atom stereocenters. The standard InChI is InChI=1S/C22H24N4O2/c1-3-4-10-22(24-25-22)11-12-23-21(27)20-18(9-13-28-20)15-26-16(2)14-17-7-5-6-8-19(17)26/h1,5-9,13,16H,4,10-12,14-15H2,2H3,(H,23,27). The molecule has 1 N–H and O–H groups in total. The van der Waals surface area contributed by atoms with E-state index in [9.17, 15) is 4.79 Å². The summed E-state index contributed by atoms with van der Waals surface area (Å²) in [6, 6.07) is 10.7. The van der Waals surface area contributed by atoms with E-state index in [4.69, 9.17) is 10.8 Å². The lowest BCUT2D eigenvalue weighted by atomic mass is 10.0. The minimum absolute atomic E-state index is 0.201. The molecule has 2 aromatic rings. The number of furan rings is 1. The van der Waals surface area contributed by atoms with Gasteiger partial charge in [0.05, 0.1) is 6.26 Å². The average Bonchev–Trinajstić information content (AvgIpc) is 3.17. The number of amides is 1. The molecule has 2 aliphatic rings. The van der Waals surface area contributed by atoms with E-state index in [0.29, 0.717) is 37.7 Å². The van der Waals surface area contributed by atoms with Crippen LogP contribution in [0.25, 0.3) is 0 Å². The highest BCUT2D eigenvalue weighted by molar-refractivity contribution is 5.93. The molecule has 3 heterocycles. The summed E-state index contributed by atoms with van der Waals surface area (Å²) in [5.74, 6) is 2.78. The second-order valence-corrected chi connectivity index (χ2v) is 7.48. The molecule has 0 saturated heterocycles. The molecule has 2 aliphatic heterocycles. The summed E-state index contributed by atoms with van der Waals surface area (Å²) in [6.45, 7) is 3.34. The number of anilines is 1. The average molecular weight is 376 g/mol. The number of hydrogen-bond acceptors (Lipinski definition) is 5. The Morgan fingerprint density at radius 3 is 2.96 bits per heavy atom. The molecule has 1 aromatic heterocycles. The van der Waals surface area contributed by atoms with Gasteiger partial charge in [-0.2, -0.15) is 10.2 Å². The van der Waals surface area contributed by atoms with E-state index < -0.39 is 0 Å². The van der Waals surface area contributed by atoms with E-state index in [1.54, 1.807) is 6.26 Å². The summed E-state index contributed by atoms with van der Waals surface area (Å²) in [5.41, 5.74) is 3.08. The van der Waals surface area contributed by atoms with Gasteiger partial charge in [0.2, 0.25) is 0 Å². The summed E-state index contributed by atoms with van der Waals surface area (Å²) in [5, 5.41) is 11.1. The number of hydrogen-bond donors (Lipinski definition) is 1. The lowest BCUT2D eigenvalue weighted by Crippen LogP contribution is -2.31. The summed E-state index contributed by atoms with van der Waals surface area (Å²) in [4.78, 5) is 15.0. The maximum absolute atomic E-state index is 12.6. The molecule has 144 valence electrons. The second-order valence-electron chi connectivity index (χ2n) is 7.48. The first-order valence-corrected chi connectivity index (χ1v) is 9.68. The molecule has 0 spiro atoms. The van der Waals surface area contributed by atoms with Gasteiger partial charge in [0.25, 0.3) is 5.91 Å². The van der Waals surface area contributed by atoms with Gasteiger partial charge in [0, 0.05) is 49.6 Å². The van der Waals surface area contributed by atoms with E-state index in [0.717, 1.165) is 18.4 Å². The fourth-order valence-corrected chi connectivity index (χ4v) is 3.84. The minimum Gasteiger partial charge on any atom is -0.459 e. The summed E-state index contributed by atoms with van der Waals surface area (Å²) in [6.07, 6.45) is 9.94. The molecule has 6 nitrogen and oxygen atoms in total. The van der Waals surface area contributed by atoms with Crippen LogP contribution in [0.4, 0.5) is 5.69 Å². The fourth-order valence-electron chi connectivity index (χ4n) is 3.84. The zero-order valence-electron chi connectivity index (χ0n) is 16.0. The van der Waals surface area contributed by atoms with Crippen molar-refractivity contribution in [2.45, 2.75) is 50.9 Å². The van der Waals surface area contributed by atoms with Gasteiger partial charge in [-0.25, -0.2) is 0 Å². The van der Waals surface area contributed by atoms with Crippen LogP contribution in [0.15, 0.2) is 51.2 Å². The predicted molar refractivity (Wildman–Crippen MR) is 107 cm³/mol. The first kappa shape index (κ1) is 18.3. The number of carbonyl (C=O) groups excluding carboxylic acids is 1. The van der Waals surface area contributed by atoms with E-state index in [1.807, 2.05) is 6.07 Å². The van der Waals surface area contributed by atoms with Crippen LogP contribution in [0.3, 0.4) is 0 Å². The molecule has 1 atom stereocenters. The SMILES string of the molecule is C#CCCC1(CCNC(=O)c2occc2CN2c3ccccc3CC2C)N=N1. The van der Waals surface area contributed by atoms with E-state index in [1.165, 1.54) is 11.3 Å². The van der Waals surface area contributed by atoms with Gasteiger partial charge in [0.1, 0.15) is 0 Å². The van der Waals surface area contributed by atoms with Gasteiger partial charge < -0.3 is 14.6 Å². The molecule has 0 radical (unpaired) electrons. The molecular formula is C22H24N4O2. The van der Waals surface area contributed by atoms with Gasteiger partial charge >= 0.3 is 0 Å². The third kappa shape index (κ3) is 3.65. The number of carbonyl (C=O) groups is 1. The highest BCUT2D eigenvalue weighted by atomic mass is 16.3. The first-order valence-electron chi connectivity index (χ1n) is 9.68. The lowest BCUT2D eigenvalue weighted by Gasteiger charge is -2.24. The zero-order chi connectivity index (χ0) is 19.6. The van der Waals surface area contributed by atoms with Crippen LogP contribution in [0.1, 0.15) is 47.9 Å². The largest absolute Gasteiger partial charge is 0.459 e. The number of terminal acetylenes is 1. The van der Waals surface area contributed by atoms with Crippen LogP contribution in [-0.4, -0.2) is 24.2 Å². The van der Waals surface area contributed by atoms with Crippen molar-refractivity contribution in [1.82, 2.24) is 5.32 Å². The molecule has 28 heavy (non-hydrogen) atoms. The number of rotatable bonds is 8. The van der Waals surface area contributed by atoms with Gasteiger partial charge in [0.15, 0.2) is 11.4 Å². The predicted octanol–water partition coefficient (Wildman–Crippen LogP) is 3.93. The van der Waals surface area contributed by atoms with Crippen molar-refractivity contribution in [3.8, 4) is 12.3 Å². The number of nitrogens with zero attached hydrogens (tertiary/aromatic N) is 3. The Kier molecular flexibility index (Phi) is 4.91. The lowest BCUT2D eigenvalue weighted by molar-refractivity contribution is 0.0923.